The maximum Gasteiger partial charge on any atom is 0.159 e. The zero-order valence-corrected chi connectivity index (χ0v) is 22.6. The molecule has 0 atom stereocenters. The van der Waals surface area contributed by atoms with Crippen LogP contribution in [-0.4, -0.2) is 29.8 Å². The second-order valence-electron chi connectivity index (χ2n) is 9.51. The van der Waals surface area contributed by atoms with Gasteiger partial charge in [-0.05, 0) is 55.7 Å². The smallest absolute Gasteiger partial charge is 0.159 e. The third-order valence-electron chi connectivity index (χ3n) is 6.33. The first-order chi connectivity index (χ1) is 18.3. The first-order valence-electron chi connectivity index (χ1n) is 14.2. The fraction of sp³-hybridized carbons (Fsp3) is 0.500. The molecule has 0 radical (unpaired) electrons. The Kier molecular flexibility index (Phi) is 14.0. The zero-order valence-electron chi connectivity index (χ0n) is 22.6. The van der Waals surface area contributed by atoms with Crippen LogP contribution in [0.1, 0.15) is 84.0 Å². The van der Waals surface area contributed by atoms with E-state index in [-0.39, 0.29) is 0 Å². The largest absolute Gasteiger partial charge is 0.494 e. The molecular formula is C32H44N2O3. The van der Waals surface area contributed by atoms with Gasteiger partial charge in [0.05, 0.1) is 32.2 Å². The van der Waals surface area contributed by atoms with Gasteiger partial charge in [0, 0.05) is 5.56 Å². The van der Waals surface area contributed by atoms with Crippen LogP contribution in [0.25, 0.3) is 11.4 Å². The molecule has 2 aromatic carbocycles. The molecule has 0 N–H and O–H groups in total. The van der Waals surface area contributed by atoms with Crippen molar-refractivity contribution in [3.05, 3.63) is 67.0 Å². The third kappa shape index (κ3) is 12.1. The highest BCUT2D eigenvalue weighted by Gasteiger charge is 2.03. The second-order valence-corrected chi connectivity index (χ2v) is 9.51. The van der Waals surface area contributed by atoms with Gasteiger partial charge >= 0.3 is 0 Å². The van der Waals surface area contributed by atoms with E-state index in [2.05, 4.69) is 16.9 Å². The first-order valence-corrected chi connectivity index (χ1v) is 14.2. The Hall–Kier alpha value is -3.08. The lowest BCUT2D eigenvalue weighted by Crippen LogP contribution is -1.99. The second kappa shape index (κ2) is 18.2. The lowest BCUT2D eigenvalue weighted by atomic mass is 10.1. The Morgan fingerprint density at radius 1 is 0.486 bits per heavy atom. The number of ether oxygens (including phenoxy) is 3. The molecule has 0 spiro atoms. The summed E-state index contributed by atoms with van der Waals surface area (Å²) < 4.78 is 17.4. The number of hydrogen-bond donors (Lipinski definition) is 0. The molecule has 0 saturated carbocycles. The van der Waals surface area contributed by atoms with Crippen LogP contribution in [0.4, 0.5) is 0 Å². The number of unbranched alkanes of at least 4 members (excludes halogenated alkanes) is 10. The number of para-hydroxylation sites is 1. The number of hydrogen-bond acceptors (Lipinski definition) is 5. The molecule has 0 aliphatic heterocycles. The Morgan fingerprint density at radius 3 is 1.49 bits per heavy atom. The van der Waals surface area contributed by atoms with Gasteiger partial charge in [0.2, 0.25) is 0 Å². The summed E-state index contributed by atoms with van der Waals surface area (Å²) in [5, 5.41) is 0. The van der Waals surface area contributed by atoms with Gasteiger partial charge in [0.1, 0.15) is 11.5 Å². The van der Waals surface area contributed by atoms with Crippen molar-refractivity contribution >= 4 is 0 Å². The number of rotatable bonds is 20. The molecule has 0 bridgehead atoms. The highest BCUT2D eigenvalue weighted by Crippen LogP contribution is 2.21. The SMILES string of the molecule is CCCCCCOc1cnc(-c2ccc(OCCCCCCCCCCOc3ccccc3)cc2)nc1. The van der Waals surface area contributed by atoms with Crippen molar-refractivity contribution in [3.63, 3.8) is 0 Å². The Morgan fingerprint density at radius 2 is 0.946 bits per heavy atom. The molecule has 3 aromatic rings. The lowest BCUT2D eigenvalue weighted by molar-refractivity contribution is 0.301. The van der Waals surface area contributed by atoms with Gasteiger partial charge in [0.25, 0.3) is 0 Å². The van der Waals surface area contributed by atoms with Crippen molar-refractivity contribution in [2.45, 2.75) is 84.0 Å². The highest BCUT2D eigenvalue weighted by molar-refractivity contribution is 5.56. The van der Waals surface area contributed by atoms with E-state index in [1.807, 2.05) is 54.6 Å². The summed E-state index contributed by atoms with van der Waals surface area (Å²) in [6.07, 6.45) is 18.1. The van der Waals surface area contributed by atoms with Crippen LogP contribution < -0.4 is 14.2 Å². The summed E-state index contributed by atoms with van der Waals surface area (Å²) in [5.41, 5.74) is 0.980. The molecule has 1 heterocycles. The molecule has 0 aliphatic carbocycles. The van der Waals surface area contributed by atoms with Gasteiger partial charge in [-0.3, -0.25) is 0 Å². The molecule has 0 fully saturated rings. The number of benzene rings is 2. The van der Waals surface area contributed by atoms with Crippen molar-refractivity contribution in [2.24, 2.45) is 0 Å². The predicted molar refractivity (Wildman–Crippen MR) is 151 cm³/mol. The minimum Gasteiger partial charge on any atom is -0.494 e. The van der Waals surface area contributed by atoms with Crippen LogP contribution in [0, 0.1) is 0 Å². The van der Waals surface area contributed by atoms with Crippen molar-refractivity contribution in [3.8, 4) is 28.6 Å². The Labute approximate surface area is 223 Å². The first kappa shape index (κ1) is 28.5. The topological polar surface area (TPSA) is 53.5 Å². The van der Waals surface area contributed by atoms with E-state index in [1.54, 1.807) is 12.4 Å². The lowest BCUT2D eigenvalue weighted by Gasteiger charge is -2.08. The highest BCUT2D eigenvalue weighted by atomic mass is 16.5. The Bertz CT molecular complexity index is 946. The molecule has 0 saturated heterocycles. The minimum absolute atomic E-state index is 0.702. The molecular weight excluding hydrogens is 460 g/mol. The third-order valence-corrected chi connectivity index (χ3v) is 6.33. The van der Waals surface area contributed by atoms with Gasteiger partial charge in [-0.2, -0.15) is 0 Å². The summed E-state index contributed by atoms with van der Waals surface area (Å²) in [6.45, 7) is 4.51. The van der Waals surface area contributed by atoms with Gasteiger partial charge in [-0.25, -0.2) is 9.97 Å². The Balaban J connectivity index is 1.18. The van der Waals surface area contributed by atoms with E-state index in [9.17, 15) is 0 Å². The number of aromatic nitrogens is 2. The van der Waals surface area contributed by atoms with E-state index in [0.29, 0.717) is 5.82 Å². The molecule has 37 heavy (non-hydrogen) atoms. The zero-order chi connectivity index (χ0) is 25.8. The maximum absolute atomic E-state index is 5.92. The van der Waals surface area contributed by atoms with E-state index < -0.39 is 0 Å². The van der Waals surface area contributed by atoms with Crippen LogP contribution >= 0.6 is 0 Å². The van der Waals surface area contributed by atoms with Crippen LogP contribution in [0.5, 0.6) is 17.2 Å². The summed E-state index contributed by atoms with van der Waals surface area (Å²) in [5.74, 6) is 3.30. The van der Waals surface area contributed by atoms with Crippen LogP contribution in [0.3, 0.4) is 0 Å². The molecule has 3 rings (SSSR count). The van der Waals surface area contributed by atoms with Gasteiger partial charge in [-0.1, -0.05) is 82.9 Å². The van der Waals surface area contributed by atoms with E-state index in [1.165, 1.54) is 57.8 Å². The van der Waals surface area contributed by atoms with Gasteiger partial charge in [0.15, 0.2) is 11.6 Å². The monoisotopic (exact) mass is 504 g/mol. The predicted octanol–water partition coefficient (Wildman–Crippen LogP) is 8.68. The van der Waals surface area contributed by atoms with Crippen LogP contribution in [0.2, 0.25) is 0 Å². The summed E-state index contributed by atoms with van der Waals surface area (Å²) in [4.78, 5) is 8.91. The van der Waals surface area contributed by atoms with E-state index in [4.69, 9.17) is 14.2 Å². The molecule has 0 unspecified atom stereocenters. The van der Waals surface area contributed by atoms with Crippen molar-refractivity contribution < 1.29 is 14.2 Å². The quantitative estimate of drug-likeness (QED) is 0.144. The van der Waals surface area contributed by atoms with Gasteiger partial charge in [-0.15, -0.1) is 0 Å². The minimum atomic E-state index is 0.702. The molecule has 0 amide bonds. The standard InChI is InChI=1S/C32H44N2O3/c1-2-3-4-14-25-37-31-26-33-32(34-27-31)28-19-21-30(22-20-28)36-24-16-10-8-6-5-7-9-15-23-35-29-17-12-11-13-18-29/h11-13,17-22,26-27H,2-10,14-16,23-25H2,1H3. The molecule has 200 valence electrons. The van der Waals surface area contributed by atoms with Gasteiger partial charge < -0.3 is 14.2 Å². The summed E-state index contributed by atoms with van der Waals surface area (Å²) >= 11 is 0. The summed E-state index contributed by atoms with van der Waals surface area (Å²) in [7, 11) is 0. The molecule has 0 aliphatic rings. The fourth-order valence-corrected chi connectivity index (χ4v) is 4.12. The maximum atomic E-state index is 5.92. The fourth-order valence-electron chi connectivity index (χ4n) is 4.12. The van der Waals surface area contributed by atoms with E-state index in [0.717, 1.165) is 61.9 Å². The normalized spacial score (nSPS) is 10.8. The number of nitrogens with zero attached hydrogens (tertiary/aromatic N) is 2. The van der Waals surface area contributed by atoms with E-state index >= 15 is 0 Å². The summed E-state index contributed by atoms with van der Waals surface area (Å²) in [6, 6.07) is 18.1. The molecule has 5 heteroatoms. The van der Waals surface area contributed by atoms with Crippen molar-refractivity contribution in [1.82, 2.24) is 9.97 Å². The molecule has 1 aromatic heterocycles. The van der Waals surface area contributed by atoms with Crippen LogP contribution in [-0.2, 0) is 0 Å². The average molecular weight is 505 g/mol. The van der Waals surface area contributed by atoms with Crippen LogP contribution in [0.15, 0.2) is 67.0 Å². The van der Waals surface area contributed by atoms with Crippen molar-refractivity contribution in [1.29, 1.82) is 0 Å². The molecule has 5 nitrogen and oxygen atoms in total. The average Bonchev–Trinajstić information content (AvgIpc) is 2.95. The van der Waals surface area contributed by atoms with Crippen molar-refractivity contribution in [2.75, 3.05) is 19.8 Å².